The predicted octanol–water partition coefficient (Wildman–Crippen LogP) is 7.11. The van der Waals surface area contributed by atoms with Crippen molar-refractivity contribution < 1.29 is 13.2 Å². The molecule has 8 heteroatoms. The van der Waals surface area contributed by atoms with Gasteiger partial charge < -0.3 is 4.90 Å². The molecule has 35 heavy (non-hydrogen) atoms. The summed E-state index contributed by atoms with van der Waals surface area (Å²) in [6, 6.07) is 23.4. The topological polar surface area (TPSA) is 34.0 Å². The lowest BCUT2D eigenvalue weighted by Gasteiger charge is -2.19. The molecule has 1 unspecified atom stereocenters. The Kier molecular flexibility index (Phi) is 6.32. The van der Waals surface area contributed by atoms with E-state index in [0.29, 0.717) is 5.92 Å². The molecule has 1 atom stereocenters. The van der Waals surface area contributed by atoms with Gasteiger partial charge in [-0.3, -0.25) is 4.57 Å². The van der Waals surface area contributed by atoms with Gasteiger partial charge in [-0.2, -0.15) is 13.2 Å². The lowest BCUT2D eigenvalue weighted by molar-refractivity contribution is -0.137. The Bertz CT molecular complexity index is 1280. The molecule has 1 heterocycles. The minimum absolute atomic E-state index is 0.241. The summed E-state index contributed by atoms with van der Waals surface area (Å²) in [5, 5.41) is 9.56. The number of alkyl halides is 3. The highest BCUT2D eigenvalue weighted by atomic mass is 32.2. The molecule has 0 spiro atoms. The van der Waals surface area contributed by atoms with Crippen molar-refractivity contribution >= 4 is 17.4 Å². The number of rotatable bonds is 7. The Balaban J connectivity index is 1.55. The number of thioether (sulfide) groups is 1. The van der Waals surface area contributed by atoms with Crippen LogP contribution in [0.4, 0.5) is 18.9 Å². The zero-order valence-electron chi connectivity index (χ0n) is 19.4. The summed E-state index contributed by atoms with van der Waals surface area (Å²) in [5.74, 6) is 1.32. The molecule has 1 aliphatic rings. The summed E-state index contributed by atoms with van der Waals surface area (Å²) < 4.78 is 41.6. The number of nitrogens with zero attached hydrogens (tertiary/aromatic N) is 4. The van der Waals surface area contributed by atoms with Gasteiger partial charge in [-0.25, -0.2) is 0 Å². The van der Waals surface area contributed by atoms with Gasteiger partial charge in [0.25, 0.3) is 0 Å². The molecule has 1 aliphatic carbocycles. The van der Waals surface area contributed by atoms with Crippen molar-refractivity contribution in [3.8, 4) is 5.69 Å². The second kappa shape index (κ2) is 9.41. The summed E-state index contributed by atoms with van der Waals surface area (Å²) in [5.41, 5.74) is 3.18. The molecule has 4 aromatic rings. The van der Waals surface area contributed by atoms with Crippen molar-refractivity contribution in [1.82, 2.24) is 14.8 Å². The number of halogens is 3. The van der Waals surface area contributed by atoms with E-state index in [0.717, 1.165) is 58.5 Å². The largest absolute Gasteiger partial charge is 0.416 e. The van der Waals surface area contributed by atoms with Gasteiger partial charge in [0.15, 0.2) is 5.16 Å². The minimum Gasteiger partial charge on any atom is -0.378 e. The standard InChI is InChI=1S/C27H25F3N4S/c1-33(2)22-14-16-23(17-15-22)34-25(20-8-9-20)31-32-26(34)35-24(18-6-4-3-5-7-18)19-10-12-21(13-11-19)27(28,29)30/h3-7,10-17,20,24H,8-9H2,1-2H3. The third-order valence-electron chi connectivity index (χ3n) is 6.09. The number of hydrogen-bond acceptors (Lipinski definition) is 4. The first kappa shape index (κ1) is 23.5. The SMILES string of the molecule is CN(C)c1ccc(-n2c(SC(c3ccccc3)c3ccc(C(F)(F)F)cc3)nnc2C2CC2)cc1. The summed E-state index contributed by atoms with van der Waals surface area (Å²) in [6.07, 6.45) is -2.20. The molecular weight excluding hydrogens is 469 g/mol. The second-order valence-corrected chi connectivity index (χ2v) is 9.96. The van der Waals surface area contributed by atoms with E-state index < -0.39 is 11.7 Å². The van der Waals surface area contributed by atoms with Gasteiger partial charge in [0.1, 0.15) is 5.82 Å². The van der Waals surface area contributed by atoms with Crippen LogP contribution in [0.2, 0.25) is 0 Å². The highest BCUT2D eigenvalue weighted by Gasteiger charge is 2.33. The minimum atomic E-state index is -4.37. The Labute approximate surface area is 206 Å². The molecular formula is C27H25F3N4S. The Morgan fingerprint density at radius 2 is 1.49 bits per heavy atom. The van der Waals surface area contributed by atoms with Gasteiger partial charge in [0, 0.05) is 31.4 Å². The number of hydrogen-bond donors (Lipinski definition) is 0. The van der Waals surface area contributed by atoms with Gasteiger partial charge in [0.05, 0.1) is 10.8 Å². The highest BCUT2D eigenvalue weighted by molar-refractivity contribution is 7.99. The van der Waals surface area contributed by atoms with E-state index in [1.807, 2.05) is 49.3 Å². The Morgan fingerprint density at radius 3 is 2.06 bits per heavy atom. The van der Waals surface area contributed by atoms with Crippen LogP contribution < -0.4 is 4.90 Å². The predicted molar refractivity (Wildman–Crippen MR) is 133 cm³/mol. The Hall–Kier alpha value is -3.26. The summed E-state index contributed by atoms with van der Waals surface area (Å²) in [4.78, 5) is 2.05. The summed E-state index contributed by atoms with van der Waals surface area (Å²) in [7, 11) is 4.00. The van der Waals surface area contributed by atoms with Crippen molar-refractivity contribution in [3.05, 3.63) is 101 Å². The van der Waals surface area contributed by atoms with Gasteiger partial charge in [-0.1, -0.05) is 54.2 Å². The van der Waals surface area contributed by atoms with Crippen molar-refractivity contribution in [3.63, 3.8) is 0 Å². The first-order valence-electron chi connectivity index (χ1n) is 11.4. The van der Waals surface area contributed by atoms with Crippen LogP contribution >= 0.6 is 11.8 Å². The van der Waals surface area contributed by atoms with E-state index >= 15 is 0 Å². The maximum Gasteiger partial charge on any atom is 0.416 e. The van der Waals surface area contributed by atoms with Gasteiger partial charge in [-0.05, 0) is 60.4 Å². The second-order valence-electron chi connectivity index (χ2n) is 8.89. The fourth-order valence-corrected chi connectivity index (χ4v) is 5.20. The van der Waals surface area contributed by atoms with E-state index in [1.54, 1.807) is 12.1 Å². The smallest absolute Gasteiger partial charge is 0.378 e. The van der Waals surface area contributed by atoms with Gasteiger partial charge >= 0.3 is 6.18 Å². The van der Waals surface area contributed by atoms with E-state index in [9.17, 15) is 13.2 Å². The molecule has 180 valence electrons. The number of anilines is 1. The van der Waals surface area contributed by atoms with Crippen molar-refractivity contribution in [1.29, 1.82) is 0 Å². The first-order chi connectivity index (χ1) is 16.8. The average Bonchev–Trinajstić information content (AvgIpc) is 3.62. The molecule has 1 aromatic heterocycles. The molecule has 0 bridgehead atoms. The van der Waals surface area contributed by atoms with Crippen molar-refractivity contribution in [2.24, 2.45) is 0 Å². The lowest BCUT2D eigenvalue weighted by atomic mass is 10.0. The lowest BCUT2D eigenvalue weighted by Crippen LogP contribution is -2.09. The van der Waals surface area contributed by atoms with Crippen LogP contribution in [0, 0.1) is 0 Å². The third-order valence-corrected chi connectivity index (χ3v) is 7.35. The van der Waals surface area contributed by atoms with Crippen LogP contribution in [0.3, 0.4) is 0 Å². The fourth-order valence-electron chi connectivity index (χ4n) is 4.01. The molecule has 1 saturated carbocycles. The molecule has 0 saturated heterocycles. The summed E-state index contributed by atoms with van der Waals surface area (Å²) in [6.45, 7) is 0. The molecule has 0 amide bonds. The zero-order valence-corrected chi connectivity index (χ0v) is 20.2. The molecule has 4 nitrogen and oxygen atoms in total. The monoisotopic (exact) mass is 494 g/mol. The molecule has 0 radical (unpaired) electrons. The van der Waals surface area contributed by atoms with Gasteiger partial charge in [-0.15, -0.1) is 10.2 Å². The maximum absolute atomic E-state index is 13.2. The van der Waals surface area contributed by atoms with Gasteiger partial charge in [0.2, 0.25) is 0 Å². The number of benzene rings is 3. The summed E-state index contributed by atoms with van der Waals surface area (Å²) >= 11 is 1.50. The Morgan fingerprint density at radius 1 is 0.857 bits per heavy atom. The fraction of sp³-hybridized carbons (Fsp3) is 0.259. The quantitative estimate of drug-likeness (QED) is 0.256. The zero-order chi connectivity index (χ0) is 24.6. The molecule has 3 aromatic carbocycles. The van der Waals surface area contributed by atoms with Crippen molar-refractivity contribution in [2.75, 3.05) is 19.0 Å². The number of aromatic nitrogens is 3. The molecule has 5 rings (SSSR count). The van der Waals surface area contributed by atoms with Crippen LogP contribution in [0.5, 0.6) is 0 Å². The average molecular weight is 495 g/mol. The van der Waals surface area contributed by atoms with E-state index in [2.05, 4.69) is 39.0 Å². The van der Waals surface area contributed by atoms with Crippen LogP contribution in [0.15, 0.2) is 84.0 Å². The van der Waals surface area contributed by atoms with E-state index in [4.69, 9.17) is 0 Å². The maximum atomic E-state index is 13.2. The van der Waals surface area contributed by atoms with E-state index in [-0.39, 0.29) is 5.25 Å². The normalized spacial score (nSPS) is 14.7. The van der Waals surface area contributed by atoms with Crippen LogP contribution in [-0.4, -0.2) is 28.9 Å². The van der Waals surface area contributed by atoms with Crippen LogP contribution in [0.25, 0.3) is 5.69 Å². The molecule has 1 fully saturated rings. The van der Waals surface area contributed by atoms with Crippen LogP contribution in [-0.2, 0) is 6.18 Å². The molecule has 0 N–H and O–H groups in total. The van der Waals surface area contributed by atoms with E-state index in [1.165, 1.54) is 11.8 Å². The molecule has 0 aliphatic heterocycles. The van der Waals surface area contributed by atoms with Crippen LogP contribution in [0.1, 0.15) is 46.5 Å². The highest BCUT2D eigenvalue weighted by Crippen LogP contribution is 2.45. The third kappa shape index (κ3) is 5.07. The van der Waals surface area contributed by atoms with Crippen molar-refractivity contribution in [2.45, 2.75) is 35.3 Å². The first-order valence-corrected chi connectivity index (χ1v) is 12.3.